The fourth-order valence-electron chi connectivity index (χ4n) is 1.14. The number of carbonyl (C=O) groups excluding carboxylic acids is 1. The Kier molecular flexibility index (Phi) is 5.95. The molecule has 0 aliphatic carbocycles. The second-order valence-electron chi connectivity index (χ2n) is 3.76. The van der Waals surface area contributed by atoms with Crippen molar-refractivity contribution in [3.8, 4) is 0 Å². The van der Waals surface area contributed by atoms with Crippen molar-refractivity contribution < 1.29 is 4.79 Å². The Morgan fingerprint density at radius 1 is 1.50 bits per heavy atom. The third kappa shape index (κ3) is 5.59. The molecule has 0 heterocycles. The molecule has 0 saturated heterocycles. The van der Waals surface area contributed by atoms with Crippen LogP contribution in [-0.2, 0) is 4.79 Å². The van der Waals surface area contributed by atoms with Crippen LogP contribution in [0.5, 0.6) is 0 Å². The van der Waals surface area contributed by atoms with Gasteiger partial charge in [0.05, 0.1) is 11.9 Å². The zero-order valence-electron chi connectivity index (χ0n) is 9.05. The molecule has 0 bridgehead atoms. The molecular formula is C10H21N3O. The standard InChI is InChI=1S/C10H21N3O/c1-7(2)10(14)9(12)5-4-6-13-8(3)11/h7,9,13H,3-6,11-12H2,1-2H3/t9-/m1/s1. The highest BCUT2D eigenvalue weighted by molar-refractivity contribution is 5.85. The van der Waals surface area contributed by atoms with E-state index >= 15 is 0 Å². The van der Waals surface area contributed by atoms with Crippen LogP contribution in [0.3, 0.4) is 0 Å². The summed E-state index contributed by atoms with van der Waals surface area (Å²) >= 11 is 0. The summed E-state index contributed by atoms with van der Waals surface area (Å²) in [6.07, 6.45) is 1.52. The van der Waals surface area contributed by atoms with Crippen molar-refractivity contribution in [2.45, 2.75) is 32.7 Å². The lowest BCUT2D eigenvalue weighted by molar-refractivity contribution is -0.123. The van der Waals surface area contributed by atoms with Crippen LogP contribution in [0.2, 0.25) is 0 Å². The molecule has 1 atom stereocenters. The first kappa shape index (κ1) is 13.0. The largest absolute Gasteiger partial charge is 0.386 e. The van der Waals surface area contributed by atoms with Gasteiger partial charge in [-0.3, -0.25) is 4.79 Å². The third-order valence-electron chi connectivity index (χ3n) is 1.98. The predicted molar refractivity (Wildman–Crippen MR) is 58.4 cm³/mol. The van der Waals surface area contributed by atoms with E-state index in [-0.39, 0.29) is 17.7 Å². The summed E-state index contributed by atoms with van der Waals surface area (Å²) in [6.45, 7) is 7.95. The Hall–Kier alpha value is -1.03. The normalized spacial score (nSPS) is 12.6. The van der Waals surface area contributed by atoms with E-state index in [0.29, 0.717) is 18.8 Å². The van der Waals surface area contributed by atoms with Gasteiger partial charge in [-0.25, -0.2) is 0 Å². The topological polar surface area (TPSA) is 81.1 Å². The molecule has 4 heteroatoms. The molecule has 0 spiro atoms. The first-order valence-corrected chi connectivity index (χ1v) is 4.92. The first-order valence-electron chi connectivity index (χ1n) is 4.92. The molecule has 0 aliphatic heterocycles. The summed E-state index contributed by atoms with van der Waals surface area (Å²) in [5.41, 5.74) is 11.0. The second-order valence-corrected chi connectivity index (χ2v) is 3.76. The summed E-state index contributed by atoms with van der Waals surface area (Å²) in [5.74, 6) is 0.591. The van der Waals surface area contributed by atoms with Crippen molar-refractivity contribution in [2.75, 3.05) is 6.54 Å². The van der Waals surface area contributed by atoms with Crippen molar-refractivity contribution in [2.24, 2.45) is 17.4 Å². The van der Waals surface area contributed by atoms with Gasteiger partial charge in [0.15, 0.2) is 5.78 Å². The van der Waals surface area contributed by atoms with Crippen LogP contribution in [-0.4, -0.2) is 18.4 Å². The molecule has 5 N–H and O–H groups in total. The van der Waals surface area contributed by atoms with Crippen LogP contribution >= 0.6 is 0 Å². The Balaban J connectivity index is 3.59. The van der Waals surface area contributed by atoms with E-state index < -0.39 is 0 Å². The molecule has 0 aromatic heterocycles. The van der Waals surface area contributed by atoms with Crippen LogP contribution in [0, 0.1) is 5.92 Å². The molecule has 0 rings (SSSR count). The van der Waals surface area contributed by atoms with Crippen molar-refractivity contribution in [1.29, 1.82) is 0 Å². The van der Waals surface area contributed by atoms with Crippen LogP contribution < -0.4 is 16.8 Å². The van der Waals surface area contributed by atoms with E-state index in [0.717, 1.165) is 6.42 Å². The van der Waals surface area contributed by atoms with Gasteiger partial charge >= 0.3 is 0 Å². The average molecular weight is 199 g/mol. The minimum atomic E-state index is -0.345. The summed E-state index contributed by atoms with van der Waals surface area (Å²) in [6, 6.07) is -0.345. The van der Waals surface area contributed by atoms with Crippen LogP contribution in [0.4, 0.5) is 0 Å². The highest BCUT2D eigenvalue weighted by Crippen LogP contribution is 2.03. The fourth-order valence-corrected chi connectivity index (χ4v) is 1.14. The predicted octanol–water partition coefficient (Wildman–Crippen LogP) is 0.338. The highest BCUT2D eigenvalue weighted by atomic mass is 16.1. The molecule has 0 aliphatic rings. The minimum Gasteiger partial charge on any atom is -0.386 e. The van der Waals surface area contributed by atoms with Gasteiger partial charge in [0.2, 0.25) is 0 Å². The Bertz CT molecular complexity index is 202. The molecule has 4 nitrogen and oxygen atoms in total. The number of nitrogens with two attached hydrogens (primary N) is 2. The number of nitrogens with one attached hydrogen (secondary N) is 1. The number of hydrogen-bond donors (Lipinski definition) is 3. The smallest absolute Gasteiger partial charge is 0.152 e. The first-order chi connectivity index (χ1) is 6.45. The lowest BCUT2D eigenvalue weighted by atomic mass is 9.99. The number of rotatable bonds is 7. The number of hydrogen-bond acceptors (Lipinski definition) is 4. The number of Topliss-reactive ketones (excluding diaryl/α,β-unsaturated/α-hetero) is 1. The van der Waals surface area contributed by atoms with Crippen molar-refractivity contribution in [3.05, 3.63) is 12.4 Å². The monoisotopic (exact) mass is 199 g/mol. The summed E-state index contributed by atoms with van der Waals surface area (Å²) in [7, 11) is 0. The molecule has 0 unspecified atom stereocenters. The maximum atomic E-state index is 11.4. The highest BCUT2D eigenvalue weighted by Gasteiger charge is 2.15. The molecule has 0 fully saturated rings. The van der Waals surface area contributed by atoms with Gasteiger partial charge in [-0.15, -0.1) is 0 Å². The zero-order valence-corrected chi connectivity index (χ0v) is 9.05. The lowest BCUT2D eigenvalue weighted by Crippen LogP contribution is -2.34. The van der Waals surface area contributed by atoms with E-state index in [1.54, 1.807) is 0 Å². The van der Waals surface area contributed by atoms with Crippen molar-refractivity contribution in [1.82, 2.24) is 5.32 Å². The van der Waals surface area contributed by atoms with Gasteiger partial charge in [0.1, 0.15) is 0 Å². The molecule has 0 saturated carbocycles. The summed E-state index contributed by atoms with van der Waals surface area (Å²) in [5, 5.41) is 2.89. The van der Waals surface area contributed by atoms with Gasteiger partial charge in [0, 0.05) is 12.5 Å². The van der Waals surface area contributed by atoms with Crippen molar-refractivity contribution >= 4 is 5.78 Å². The van der Waals surface area contributed by atoms with Gasteiger partial charge < -0.3 is 16.8 Å². The van der Waals surface area contributed by atoms with Gasteiger partial charge in [-0.1, -0.05) is 20.4 Å². The summed E-state index contributed by atoms with van der Waals surface area (Å²) < 4.78 is 0. The average Bonchev–Trinajstić information content (AvgIpc) is 2.10. The van der Waals surface area contributed by atoms with E-state index in [2.05, 4.69) is 11.9 Å². The quantitative estimate of drug-likeness (QED) is 0.516. The third-order valence-corrected chi connectivity index (χ3v) is 1.98. The molecule has 0 aromatic carbocycles. The summed E-state index contributed by atoms with van der Waals surface area (Å²) in [4.78, 5) is 11.4. The fraction of sp³-hybridized carbons (Fsp3) is 0.700. The number of carbonyl (C=O) groups is 1. The molecule has 0 aromatic rings. The Morgan fingerprint density at radius 3 is 2.50 bits per heavy atom. The Morgan fingerprint density at radius 2 is 2.07 bits per heavy atom. The maximum absolute atomic E-state index is 11.4. The SMILES string of the molecule is C=C(N)NCCC[C@@H](N)C(=O)C(C)C. The van der Waals surface area contributed by atoms with Crippen LogP contribution in [0.1, 0.15) is 26.7 Å². The van der Waals surface area contributed by atoms with E-state index in [4.69, 9.17) is 11.5 Å². The van der Waals surface area contributed by atoms with E-state index in [1.807, 2.05) is 13.8 Å². The molecule has 0 amide bonds. The van der Waals surface area contributed by atoms with Gasteiger partial charge in [-0.2, -0.15) is 0 Å². The minimum absolute atomic E-state index is 0.0161. The number of ketones is 1. The molecule has 14 heavy (non-hydrogen) atoms. The Labute approximate surface area is 85.7 Å². The maximum Gasteiger partial charge on any atom is 0.152 e. The van der Waals surface area contributed by atoms with Gasteiger partial charge in [-0.05, 0) is 12.8 Å². The van der Waals surface area contributed by atoms with E-state index in [1.165, 1.54) is 0 Å². The molecule has 0 radical (unpaired) electrons. The molecule has 82 valence electrons. The second kappa shape index (κ2) is 6.43. The van der Waals surface area contributed by atoms with Crippen LogP contribution in [0.15, 0.2) is 12.4 Å². The van der Waals surface area contributed by atoms with Crippen LogP contribution in [0.25, 0.3) is 0 Å². The van der Waals surface area contributed by atoms with E-state index in [9.17, 15) is 4.79 Å². The molecular weight excluding hydrogens is 178 g/mol. The zero-order chi connectivity index (χ0) is 11.1. The lowest BCUT2D eigenvalue weighted by Gasteiger charge is -2.13. The van der Waals surface area contributed by atoms with Crippen molar-refractivity contribution in [3.63, 3.8) is 0 Å². The van der Waals surface area contributed by atoms with Gasteiger partial charge in [0.25, 0.3) is 0 Å².